The van der Waals surface area contributed by atoms with Crippen LogP contribution in [-0.4, -0.2) is 23.7 Å². The highest BCUT2D eigenvalue weighted by Gasteiger charge is 2.14. The summed E-state index contributed by atoms with van der Waals surface area (Å²) in [4.78, 5) is 12.0. The molecule has 4 heteroatoms. The Kier molecular flexibility index (Phi) is 4.22. The molecule has 102 valence electrons. The first-order valence-electron chi connectivity index (χ1n) is 6.50. The van der Waals surface area contributed by atoms with Crippen molar-refractivity contribution in [3.63, 3.8) is 0 Å². The van der Waals surface area contributed by atoms with Crippen molar-refractivity contribution >= 4 is 16.9 Å². The molecule has 1 aromatic carbocycles. The third-order valence-electron chi connectivity index (χ3n) is 2.97. The van der Waals surface area contributed by atoms with E-state index in [4.69, 9.17) is 4.42 Å². The fourth-order valence-corrected chi connectivity index (χ4v) is 2.09. The fourth-order valence-electron chi connectivity index (χ4n) is 2.09. The van der Waals surface area contributed by atoms with Crippen molar-refractivity contribution in [1.82, 2.24) is 5.32 Å². The summed E-state index contributed by atoms with van der Waals surface area (Å²) in [6.07, 6.45) is 1.61. The number of furan rings is 1. The average molecular weight is 261 g/mol. The molecule has 0 spiro atoms. The van der Waals surface area contributed by atoms with E-state index in [0.717, 1.165) is 5.39 Å². The van der Waals surface area contributed by atoms with Crippen LogP contribution in [0.15, 0.2) is 34.9 Å². The lowest BCUT2D eigenvalue weighted by molar-refractivity contribution is 0.0901. The Labute approximate surface area is 112 Å². The van der Waals surface area contributed by atoms with E-state index in [9.17, 15) is 9.90 Å². The average Bonchev–Trinajstić information content (AvgIpc) is 2.79. The zero-order valence-corrected chi connectivity index (χ0v) is 11.2. The number of fused-ring (bicyclic) bond motifs is 1. The zero-order valence-electron chi connectivity index (χ0n) is 11.2. The summed E-state index contributed by atoms with van der Waals surface area (Å²) in [5.74, 6) is 0.189. The van der Waals surface area contributed by atoms with Crippen molar-refractivity contribution in [2.24, 2.45) is 5.92 Å². The summed E-state index contributed by atoms with van der Waals surface area (Å²) in [6, 6.07) is 7.39. The molecule has 1 atom stereocenters. The summed E-state index contributed by atoms with van der Waals surface area (Å²) in [5, 5.41) is 13.3. The van der Waals surface area contributed by atoms with Gasteiger partial charge in [0.2, 0.25) is 0 Å². The van der Waals surface area contributed by atoms with Gasteiger partial charge in [-0.1, -0.05) is 32.0 Å². The first-order valence-corrected chi connectivity index (χ1v) is 6.50. The minimum absolute atomic E-state index is 0.215. The smallest absolute Gasteiger partial charge is 0.255 e. The summed E-state index contributed by atoms with van der Waals surface area (Å²) < 4.78 is 5.32. The van der Waals surface area contributed by atoms with E-state index in [2.05, 4.69) is 5.32 Å². The van der Waals surface area contributed by atoms with Gasteiger partial charge in [-0.05, 0) is 18.4 Å². The Morgan fingerprint density at radius 3 is 2.84 bits per heavy atom. The van der Waals surface area contributed by atoms with Crippen molar-refractivity contribution in [3.8, 4) is 0 Å². The van der Waals surface area contributed by atoms with E-state index in [1.807, 2.05) is 38.1 Å². The topological polar surface area (TPSA) is 62.5 Å². The predicted octanol–water partition coefficient (Wildman–Crippen LogP) is 2.57. The molecule has 0 radical (unpaired) electrons. The quantitative estimate of drug-likeness (QED) is 0.869. The Morgan fingerprint density at radius 2 is 2.11 bits per heavy atom. The molecule has 0 fully saturated rings. The summed E-state index contributed by atoms with van der Waals surface area (Å²) in [6.45, 7) is 4.33. The number of carbonyl (C=O) groups excluding carboxylic acids is 1. The largest absolute Gasteiger partial charge is 0.463 e. The van der Waals surface area contributed by atoms with E-state index in [0.29, 0.717) is 23.5 Å². The first-order chi connectivity index (χ1) is 9.08. The Hall–Kier alpha value is -1.81. The van der Waals surface area contributed by atoms with Gasteiger partial charge in [0.15, 0.2) is 0 Å². The first kappa shape index (κ1) is 13.6. The van der Waals surface area contributed by atoms with Crippen LogP contribution in [0, 0.1) is 5.92 Å². The highest BCUT2D eigenvalue weighted by atomic mass is 16.3. The number of nitrogens with one attached hydrogen (secondary N) is 1. The predicted molar refractivity (Wildman–Crippen MR) is 74.0 cm³/mol. The van der Waals surface area contributed by atoms with Gasteiger partial charge in [-0.15, -0.1) is 0 Å². The van der Waals surface area contributed by atoms with Gasteiger partial charge in [0.25, 0.3) is 5.91 Å². The van der Waals surface area contributed by atoms with Crippen molar-refractivity contribution < 1.29 is 14.3 Å². The fraction of sp³-hybridized carbons (Fsp3) is 0.400. The van der Waals surface area contributed by atoms with Crippen LogP contribution in [0.1, 0.15) is 30.6 Å². The highest BCUT2D eigenvalue weighted by Crippen LogP contribution is 2.20. The minimum atomic E-state index is -0.512. The second-order valence-electron chi connectivity index (χ2n) is 5.14. The Balaban J connectivity index is 2.00. The summed E-state index contributed by atoms with van der Waals surface area (Å²) in [5.41, 5.74) is 1.20. The molecule has 2 N–H and O–H groups in total. The molecule has 0 saturated carbocycles. The monoisotopic (exact) mass is 261 g/mol. The molecule has 4 nitrogen and oxygen atoms in total. The SMILES string of the molecule is CC(C)CC(O)CNC(=O)c1coc2ccccc12. The lowest BCUT2D eigenvalue weighted by Gasteiger charge is -2.13. The molecule has 19 heavy (non-hydrogen) atoms. The zero-order chi connectivity index (χ0) is 13.8. The molecule has 0 aliphatic rings. The van der Waals surface area contributed by atoms with Gasteiger partial charge in [0.05, 0.1) is 11.7 Å². The lowest BCUT2D eigenvalue weighted by atomic mass is 10.1. The molecule has 1 amide bonds. The lowest BCUT2D eigenvalue weighted by Crippen LogP contribution is -2.32. The van der Waals surface area contributed by atoms with Crippen LogP contribution >= 0.6 is 0 Å². The van der Waals surface area contributed by atoms with E-state index < -0.39 is 6.10 Å². The van der Waals surface area contributed by atoms with Crippen molar-refractivity contribution in [2.75, 3.05) is 6.54 Å². The molecule has 0 aliphatic carbocycles. The standard InChI is InChI=1S/C15H19NO3/c1-10(2)7-11(17)8-16-15(18)13-9-19-14-6-4-3-5-12(13)14/h3-6,9-11,17H,7-8H2,1-2H3,(H,16,18). The summed E-state index contributed by atoms with van der Waals surface area (Å²) in [7, 11) is 0. The number of aliphatic hydroxyl groups is 1. The third-order valence-corrected chi connectivity index (χ3v) is 2.97. The van der Waals surface area contributed by atoms with Crippen LogP contribution < -0.4 is 5.32 Å². The van der Waals surface area contributed by atoms with Crippen LogP contribution in [0.5, 0.6) is 0 Å². The second-order valence-corrected chi connectivity index (χ2v) is 5.14. The van der Waals surface area contributed by atoms with Gasteiger partial charge in [0, 0.05) is 11.9 Å². The molecule has 0 aliphatic heterocycles. The summed E-state index contributed by atoms with van der Waals surface area (Å²) >= 11 is 0. The number of amides is 1. The normalized spacial score (nSPS) is 12.8. The van der Waals surface area contributed by atoms with Gasteiger partial charge in [0.1, 0.15) is 11.8 Å². The molecule has 0 bridgehead atoms. The molecule has 2 rings (SSSR count). The van der Waals surface area contributed by atoms with Gasteiger partial charge >= 0.3 is 0 Å². The molecular formula is C15H19NO3. The van der Waals surface area contributed by atoms with Crippen molar-refractivity contribution in [2.45, 2.75) is 26.4 Å². The van der Waals surface area contributed by atoms with Crippen LogP contribution in [0.25, 0.3) is 11.0 Å². The van der Waals surface area contributed by atoms with Crippen molar-refractivity contribution in [1.29, 1.82) is 0 Å². The molecule has 2 aromatic rings. The number of hydrogen-bond acceptors (Lipinski definition) is 3. The van der Waals surface area contributed by atoms with Crippen LogP contribution in [0.2, 0.25) is 0 Å². The van der Waals surface area contributed by atoms with E-state index in [1.54, 1.807) is 0 Å². The molecular weight excluding hydrogens is 242 g/mol. The highest BCUT2D eigenvalue weighted by molar-refractivity contribution is 6.05. The second kappa shape index (κ2) is 5.89. The van der Waals surface area contributed by atoms with E-state index in [1.165, 1.54) is 6.26 Å². The number of benzene rings is 1. The number of aliphatic hydroxyl groups excluding tert-OH is 1. The van der Waals surface area contributed by atoms with E-state index >= 15 is 0 Å². The van der Waals surface area contributed by atoms with Gasteiger partial charge in [-0.2, -0.15) is 0 Å². The minimum Gasteiger partial charge on any atom is -0.463 e. The molecule has 1 heterocycles. The molecule has 0 saturated heterocycles. The molecule has 1 unspecified atom stereocenters. The van der Waals surface area contributed by atoms with Gasteiger partial charge in [-0.25, -0.2) is 0 Å². The van der Waals surface area contributed by atoms with E-state index in [-0.39, 0.29) is 12.5 Å². The van der Waals surface area contributed by atoms with Crippen LogP contribution in [0.4, 0.5) is 0 Å². The number of para-hydroxylation sites is 1. The van der Waals surface area contributed by atoms with Crippen LogP contribution in [-0.2, 0) is 0 Å². The van der Waals surface area contributed by atoms with Gasteiger partial charge < -0.3 is 14.8 Å². The molecule has 1 aromatic heterocycles. The number of carbonyl (C=O) groups is 1. The number of rotatable bonds is 5. The van der Waals surface area contributed by atoms with Crippen LogP contribution in [0.3, 0.4) is 0 Å². The maximum Gasteiger partial charge on any atom is 0.255 e. The Bertz CT molecular complexity index is 559. The number of hydrogen-bond donors (Lipinski definition) is 2. The van der Waals surface area contributed by atoms with Crippen molar-refractivity contribution in [3.05, 3.63) is 36.1 Å². The van der Waals surface area contributed by atoms with Gasteiger partial charge in [-0.3, -0.25) is 4.79 Å². The third kappa shape index (κ3) is 3.35. The maximum atomic E-state index is 12.0. The maximum absolute atomic E-state index is 12.0. The Morgan fingerprint density at radius 1 is 1.37 bits per heavy atom.